The molecule has 0 spiro atoms. The van der Waals surface area contributed by atoms with E-state index in [1.165, 1.54) is 31.0 Å². The van der Waals surface area contributed by atoms with E-state index in [1.807, 2.05) is 13.8 Å². The van der Waals surface area contributed by atoms with Crippen LogP contribution in [0.2, 0.25) is 0 Å². The monoisotopic (exact) mass is 393 g/mol. The molecule has 144 valence electrons. The summed E-state index contributed by atoms with van der Waals surface area (Å²) in [5, 5.41) is 16.3. The molecule has 27 heavy (non-hydrogen) atoms. The molecule has 4 N–H and O–H groups in total. The second kappa shape index (κ2) is 7.32. The minimum atomic E-state index is -0.751. The molecule has 1 aliphatic rings. The van der Waals surface area contributed by atoms with Crippen LogP contribution in [0.25, 0.3) is 5.57 Å². The molecule has 9 heteroatoms. The summed E-state index contributed by atoms with van der Waals surface area (Å²) in [5.41, 5.74) is 8.75. The van der Waals surface area contributed by atoms with Crippen molar-refractivity contribution in [3.8, 4) is 5.75 Å². The molecule has 6 nitrogen and oxygen atoms in total. The largest absolute Gasteiger partial charge is 0.491 e. The fourth-order valence-corrected chi connectivity index (χ4v) is 4.01. The Morgan fingerprint density at radius 3 is 2.59 bits per heavy atom. The summed E-state index contributed by atoms with van der Waals surface area (Å²) in [7, 11) is 3.00. The number of anilines is 1. The quantitative estimate of drug-likeness (QED) is 0.723. The summed E-state index contributed by atoms with van der Waals surface area (Å²) >= 11 is 1.30. The van der Waals surface area contributed by atoms with Gasteiger partial charge in [0.05, 0.1) is 12.0 Å². The van der Waals surface area contributed by atoms with Crippen molar-refractivity contribution in [1.82, 2.24) is 9.78 Å². The number of ether oxygens (including phenoxy) is 1. The van der Waals surface area contributed by atoms with E-state index in [0.29, 0.717) is 22.1 Å². The standard InChI is InChI=1S/C18H21F2N5OS/c1-8(9(2)21)13-14-16(27-17(13)22)18(25(3)24-14)23-7-10-5-11(19)15(26-4)12(20)6-10/h5-6,9,22-23H,7,21H2,1-4H3/b13-8-,22-17?. The predicted molar refractivity (Wildman–Crippen MR) is 103 cm³/mol. The molecule has 0 amide bonds. The van der Waals surface area contributed by atoms with Gasteiger partial charge in [-0.05, 0) is 37.1 Å². The molecule has 0 saturated heterocycles. The third-order valence-corrected chi connectivity index (χ3v) is 5.47. The van der Waals surface area contributed by atoms with Crippen molar-refractivity contribution < 1.29 is 13.5 Å². The molecule has 0 saturated carbocycles. The minimum absolute atomic E-state index is 0.185. The first-order chi connectivity index (χ1) is 12.7. The van der Waals surface area contributed by atoms with Crippen LogP contribution in [0.1, 0.15) is 25.1 Å². The number of hydrogen-bond donors (Lipinski definition) is 3. The lowest BCUT2D eigenvalue weighted by molar-refractivity contribution is 0.359. The van der Waals surface area contributed by atoms with Gasteiger partial charge in [0.25, 0.3) is 0 Å². The van der Waals surface area contributed by atoms with Gasteiger partial charge in [-0.1, -0.05) is 11.8 Å². The third-order valence-electron chi connectivity index (χ3n) is 4.47. The van der Waals surface area contributed by atoms with Crippen LogP contribution in [0.15, 0.2) is 22.6 Å². The maximum absolute atomic E-state index is 13.9. The predicted octanol–water partition coefficient (Wildman–Crippen LogP) is 3.52. The number of halogens is 2. The Kier molecular flexibility index (Phi) is 5.25. The van der Waals surface area contributed by atoms with Crippen molar-refractivity contribution in [3.05, 3.63) is 40.6 Å². The van der Waals surface area contributed by atoms with Gasteiger partial charge < -0.3 is 15.8 Å². The van der Waals surface area contributed by atoms with Crippen molar-refractivity contribution in [2.75, 3.05) is 12.4 Å². The summed E-state index contributed by atoms with van der Waals surface area (Å²) in [6, 6.07) is 2.27. The highest BCUT2D eigenvalue weighted by molar-refractivity contribution is 8.15. The summed E-state index contributed by atoms with van der Waals surface area (Å²) in [4.78, 5) is 0.812. The Morgan fingerprint density at radius 2 is 2.04 bits per heavy atom. The molecule has 2 heterocycles. The van der Waals surface area contributed by atoms with E-state index in [2.05, 4.69) is 10.4 Å². The van der Waals surface area contributed by atoms with E-state index < -0.39 is 17.4 Å². The van der Waals surface area contributed by atoms with E-state index in [0.717, 1.165) is 16.0 Å². The molecule has 1 aromatic heterocycles. The number of rotatable bonds is 5. The zero-order valence-electron chi connectivity index (χ0n) is 15.5. The molecule has 0 aliphatic carbocycles. The summed E-state index contributed by atoms with van der Waals surface area (Å²) in [6.45, 7) is 3.96. The number of fused-ring (bicyclic) bond motifs is 1. The maximum atomic E-state index is 13.9. The van der Waals surface area contributed by atoms with Crippen molar-refractivity contribution in [2.24, 2.45) is 12.8 Å². The minimum Gasteiger partial charge on any atom is -0.491 e. The molecule has 0 radical (unpaired) electrons. The second-order valence-electron chi connectivity index (χ2n) is 6.37. The zero-order valence-corrected chi connectivity index (χ0v) is 16.3. The van der Waals surface area contributed by atoms with Gasteiger partial charge in [0, 0.05) is 25.2 Å². The van der Waals surface area contributed by atoms with Gasteiger partial charge >= 0.3 is 0 Å². The Balaban J connectivity index is 1.90. The van der Waals surface area contributed by atoms with Gasteiger partial charge in [-0.15, -0.1) is 0 Å². The average Bonchev–Trinajstić information content (AvgIpc) is 3.05. The summed E-state index contributed by atoms with van der Waals surface area (Å²) in [6.07, 6.45) is 0. The van der Waals surface area contributed by atoms with E-state index >= 15 is 0 Å². The molecular formula is C18H21F2N5OS. The van der Waals surface area contributed by atoms with Crippen LogP contribution in [-0.4, -0.2) is 28.0 Å². The normalized spacial score (nSPS) is 16.3. The molecular weight excluding hydrogens is 372 g/mol. The van der Waals surface area contributed by atoms with Gasteiger partial charge in [-0.3, -0.25) is 10.1 Å². The molecule has 0 fully saturated rings. The molecule has 1 atom stereocenters. The number of methoxy groups -OCH3 is 1. The van der Waals surface area contributed by atoms with Gasteiger partial charge in [0.1, 0.15) is 16.6 Å². The Morgan fingerprint density at radius 1 is 1.41 bits per heavy atom. The smallest absolute Gasteiger partial charge is 0.190 e. The Labute approximate surface area is 160 Å². The fourth-order valence-electron chi connectivity index (χ4n) is 2.91. The molecule has 1 unspecified atom stereocenters. The number of nitrogens with two attached hydrogens (primary N) is 1. The van der Waals surface area contributed by atoms with E-state index in [9.17, 15) is 8.78 Å². The van der Waals surface area contributed by atoms with Crippen molar-refractivity contribution in [3.63, 3.8) is 0 Å². The first-order valence-corrected chi connectivity index (χ1v) is 9.12. The van der Waals surface area contributed by atoms with E-state index in [4.69, 9.17) is 15.9 Å². The average molecular weight is 393 g/mol. The summed E-state index contributed by atoms with van der Waals surface area (Å²) < 4.78 is 34.1. The number of hydrogen-bond acceptors (Lipinski definition) is 6. The number of nitrogens with one attached hydrogen (secondary N) is 2. The number of nitrogens with zero attached hydrogens (tertiary/aromatic N) is 2. The van der Waals surface area contributed by atoms with E-state index in [1.54, 1.807) is 11.7 Å². The van der Waals surface area contributed by atoms with Crippen molar-refractivity contribution >= 4 is 28.2 Å². The maximum Gasteiger partial charge on any atom is 0.190 e. The molecule has 1 aromatic carbocycles. The number of aromatic nitrogens is 2. The van der Waals surface area contributed by atoms with Crippen LogP contribution in [0.3, 0.4) is 0 Å². The molecule has 1 aliphatic heterocycles. The van der Waals surface area contributed by atoms with Gasteiger partial charge in [-0.25, -0.2) is 8.78 Å². The van der Waals surface area contributed by atoms with E-state index in [-0.39, 0.29) is 12.6 Å². The Bertz CT molecular complexity index is 928. The van der Waals surface area contributed by atoms with Crippen LogP contribution >= 0.6 is 11.8 Å². The highest BCUT2D eigenvalue weighted by Gasteiger charge is 2.32. The summed E-state index contributed by atoms with van der Waals surface area (Å²) in [5.74, 6) is -1.22. The van der Waals surface area contributed by atoms with Gasteiger partial charge in [-0.2, -0.15) is 5.10 Å². The van der Waals surface area contributed by atoms with Gasteiger partial charge in [0.2, 0.25) is 0 Å². The SMILES string of the molecule is COc1c(F)cc(CNc2c3c(nn2C)/C(=C(\C)C(C)N)C(=N)S3)cc1F. The molecule has 0 bridgehead atoms. The lowest BCUT2D eigenvalue weighted by Crippen LogP contribution is -2.18. The first-order valence-electron chi connectivity index (χ1n) is 8.30. The molecule has 3 rings (SSSR count). The lowest BCUT2D eigenvalue weighted by atomic mass is 10.0. The van der Waals surface area contributed by atoms with Crippen LogP contribution in [0.4, 0.5) is 14.6 Å². The van der Waals surface area contributed by atoms with Crippen LogP contribution in [0, 0.1) is 17.0 Å². The van der Waals surface area contributed by atoms with Crippen molar-refractivity contribution in [1.29, 1.82) is 5.41 Å². The zero-order chi connectivity index (χ0) is 19.9. The fraction of sp³-hybridized carbons (Fsp3) is 0.333. The number of benzene rings is 1. The van der Waals surface area contributed by atoms with Crippen LogP contribution in [0.5, 0.6) is 5.75 Å². The first kappa shape index (κ1) is 19.4. The Hall–Kier alpha value is -2.39. The van der Waals surface area contributed by atoms with Crippen LogP contribution in [-0.2, 0) is 13.6 Å². The highest BCUT2D eigenvalue weighted by Crippen LogP contribution is 2.46. The van der Waals surface area contributed by atoms with Crippen molar-refractivity contribution in [2.45, 2.75) is 31.3 Å². The lowest BCUT2D eigenvalue weighted by Gasteiger charge is -2.11. The number of thioether (sulfide) groups is 1. The number of aryl methyl sites for hydroxylation is 1. The second-order valence-corrected chi connectivity index (χ2v) is 7.39. The molecule has 2 aromatic rings. The highest BCUT2D eigenvalue weighted by atomic mass is 32.2. The van der Waals surface area contributed by atoms with Gasteiger partial charge in [0.15, 0.2) is 17.4 Å². The topological polar surface area (TPSA) is 88.9 Å². The third kappa shape index (κ3) is 3.44. The van der Waals surface area contributed by atoms with Crippen LogP contribution < -0.4 is 15.8 Å².